The number of aromatic nitrogens is 1. The third-order valence-electron chi connectivity index (χ3n) is 2.62. The van der Waals surface area contributed by atoms with Crippen LogP contribution in [0.3, 0.4) is 0 Å². The Morgan fingerprint density at radius 2 is 2.17 bits per heavy atom. The second-order valence-corrected chi connectivity index (χ2v) is 4.30. The van der Waals surface area contributed by atoms with Gasteiger partial charge in [-0.2, -0.15) is 0 Å². The van der Waals surface area contributed by atoms with E-state index in [0.717, 1.165) is 11.4 Å². The lowest BCUT2D eigenvalue weighted by Gasteiger charge is -2.08. The summed E-state index contributed by atoms with van der Waals surface area (Å²) in [6.07, 6.45) is 1.95. The maximum atomic E-state index is 12.2. The van der Waals surface area contributed by atoms with Crippen LogP contribution in [-0.4, -0.2) is 17.8 Å². The predicted molar refractivity (Wildman–Crippen MR) is 73.3 cm³/mol. The van der Waals surface area contributed by atoms with Crippen LogP contribution in [0.15, 0.2) is 42.6 Å². The first-order chi connectivity index (χ1) is 8.70. The van der Waals surface area contributed by atoms with Crippen molar-refractivity contribution in [2.24, 2.45) is 0 Å². The first-order valence-electron chi connectivity index (χ1n) is 5.61. The van der Waals surface area contributed by atoms with Gasteiger partial charge in [0.1, 0.15) is 0 Å². The molecular formula is C14H13ClN2O. The van der Waals surface area contributed by atoms with Gasteiger partial charge in [0.05, 0.1) is 6.42 Å². The molecule has 0 aliphatic rings. The highest BCUT2D eigenvalue weighted by Crippen LogP contribution is 2.21. The number of anilines is 1. The summed E-state index contributed by atoms with van der Waals surface area (Å²) < 4.78 is 0. The lowest BCUT2D eigenvalue weighted by molar-refractivity contribution is 0.0992. The van der Waals surface area contributed by atoms with Gasteiger partial charge >= 0.3 is 0 Å². The molecule has 92 valence electrons. The highest BCUT2D eigenvalue weighted by atomic mass is 35.5. The second kappa shape index (κ2) is 5.65. The van der Waals surface area contributed by atoms with Crippen LogP contribution in [-0.2, 0) is 6.42 Å². The third kappa shape index (κ3) is 2.87. The number of benzene rings is 1. The van der Waals surface area contributed by atoms with Gasteiger partial charge in [-0.1, -0.05) is 17.7 Å². The molecule has 2 rings (SSSR count). The minimum Gasteiger partial charge on any atom is -0.388 e. The van der Waals surface area contributed by atoms with E-state index < -0.39 is 0 Å². The Balaban J connectivity index is 2.26. The Labute approximate surface area is 111 Å². The molecule has 0 saturated heterocycles. The molecule has 0 unspecified atom stereocenters. The maximum absolute atomic E-state index is 12.2. The van der Waals surface area contributed by atoms with E-state index in [1.165, 1.54) is 0 Å². The van der Waals surface area contributed by atoms with Crippen molar-refractivity contribution < 1.29 is 4.79 Å². The monoisotopic (exact) mass is 260 g/mol. The smallest absolute Gasteiger partial charge is 0.170 e. The molecule has 1 heterocycles. The van der Waals surface area contributed by atoms with E-state index in [0.29, 0.717) is 10.6 Å². The van der Waals surface area contributed by atoms with Crippen molar-refractivity contribution in [2.75, 3.05) is 12.4 Å². The first-order valence-corrected chi connectivity index (χ1v) is 5.99. The van der Waals surface area contributed by atoms with E-state index in [2.05, 4.69) is 10.3 Å². The van der Waals surface area contributed by atoms with Gasteiger partial charge in [-0.3, -0.25) is 9.78 Å². The van der Waals surface area contributed by atoms with Gasteiger partial charge in [-0.15, -0.1) is 0 Å². The summed E-state index contributed by atoms with van der Waals surface area (Å²) in [5.74, 6) is 0.000509. The fourth-order valence-corrected chi connectivity index (χ4v) is 1.90. The van der Waals surface area contributed by atoms with E-state index in [1.54, 1.807) is 31.4 Å². The van der Waals surface area contributed by atoms with Crippen LogP contribution >= 0.6 is 11.6 Å². The van der Waals surface area contributed by atoms with Gasteiger partial charge in [0.25, 0.3) is 0 Å². The lowest BCUT2D eigenvalue weighted by Crippen LogP contribution is -2.08. The third-order valence-corrected chi connectivity index (χ3v) is 2.85. The molecule has 0 spiro atoms. The topological polar surface area (TPSA) is 42.0 Å². The highest BCUT2D eigenvalue weighted by Gasteiger charge is 2.12. The summed E-state index contributed by atoms with van der Waals surface area (Å²) in [5.41, 5.74) is 2.13. The molecule has 0 aliphatic carbocycles. The molecule has 0 amide bonds. The van der Waals surface area contributed by atoms with Crippen molar-refractivity contribution in [1.82, 2.24) is 4.98 Å². The Hall–Kier alpha value is -1.87. The average molecular weight is 261 g/mol. The maximum Gasteiger partial charge on any atom is 0.170 e. The van der Waals surface area contributed by atoms with Crippen LogP contribution in [0.25, 0.3) is 0 Å². The van der Waals surface area contributed by atoms with Gasteiger partial charge in [0.2, 0.25) is 0 Å². The molecule has 4 heteroatoms. The Morgan fingerprint density at radius 3 is 2.83 bits per heavy atom. The van der Waals surface area contributed by atoms with E-state index >= 15 is 0 Å². The fraction of sp³-hybridized carbons (Fsp3) is 0.143. The number of nitrogens with one attached hydrogen (secondary N) is 1. The average Bonchev–Trinajstić information content (AvgIpc) is 2.40. The van der Waals surface area contributed by atoms with E-state index in [1.807, 2.05) is 18.2 Å². The van der Waals surface area contributed by atoms with Crippen LogP contribution in [0, 0.1) is 0 Å². The minimum absolute atomic E-state index is 0.000509. The zero-order valence-corrected chi connectivity index (χ0v) is 10.7. The quantitative estimate of drug-likeness (QED) is 0.859. The zero-order valence-electron chi connectivity index (χ0n) is 9.98. The number of carbonyl (C=O) groups excluding carboxylic acids is 1. The molecule has 3 nitrogen and oxygen atoms in total. The van der Waals surface area contributed by atoms with Crippen LogP contribution in [0.1, 0.15) is 16.1 Å². The Morgan fingerprint density at radius 1 is 1.33 bits per heavy atom. The Bertz CT molecular complexity index is 555. The highest BCUT2D eigenvalue weighted by molar-refractivity contribution is 6.31. The largest absolute Gasteiger partial charge is 0.388 e. The molecular weight excluding hydrogens is 248 g/mol. The second-order valence-electron chi connectivity index (χ2n) is 3.86. The molecule has 0 saturated carbocycles. The summed E-state index contributed by atoms with van der Waals surface area (Å²) in [4.78, 5) is 16.4. The number of halogens is 1. The van der Waals surface area contributed by atoms with Crippen LogP contribution in [0.4, 0.5) is 5.69 Å². The number of rotatable bonds is 4. The Kier molecular flexibility index (Phi) is 3.95. The summed E-state index contributed by atoms with van der Waals surface area (Å²) >= 11 is 5.93. The molecule has 0 bridgehead atoms. The van der Waals surface area contributed by atoms with Crippen molar-refractivity contribution in [1.29, 1.82) is 0 Å². The van der Waals surface area contributed by atoms with Crippen molar-refractivity contribution in [3.63, 3.8) is 0 Å². The van der Waals surface area contributed by atoms with E-state index in [-0.39, 0.29) is 12.2 Å². The van der Waals surface area contributed by atoms with Crippen molar-refractivity contribution in [2.45, 2.75) is 6.42 Å². The number of nitrogens with zero attached hydrogens (tertiary/aromatic N) is 1. The summed E-state index contributed by atoms with van der Waals surface area (Å²) in [6.45, 7) is 0. The molecule has 0 aliphatic heterocycles. The SMILES string of the molecule is CNc1ccc(Cl)cc1C(=O)Cc1ccccn1. The van der Waals surface area contributed by atoms with Crippen molar-refractivity contribution in [3.05, 3.63) is 58.9 Å². The zero-order chi connectivity index (χ0) is 13.0. The van der Waals surface area contributed by atoms with Crippen LogP contribution in [0.2, 0.25) is 5.02 Å². The number of hydrogen-bond acceptors (Lipinski definition) is 3. The molecule has 2 aromatic rings. The summed E-state index contributed by atoms with van der Waals surface area (Å²) in [5, 5.41) is 3.54. The molecule has 0 radical (unpaired) electrons. The van der Waals surface area contributed by atoms with E-state index in [9.17, 15) is 4.79 Å². The standard InChI is InChI=1S/C14H13ClN2O/c1-16-13-6-5-10(15)8-12(13)14(18)9-11-4-2-3-7-17-11/h2-8,16H,9H2,1H3. The van der Waals surface area contributed by atoms with E-state index in [4.69, 9.17) is 11.6 Å². The summed E-state index contributed by atoms with van der Waals surface area (Å²) in [7, 11) is 1.78. The minimum atomic E-state index is 0.000509. The fourth-order valence-electron chi connectivity index (χ4n) is 1.73. The molecule has 0 fully saturated rings. The molecule has 1 aromatic heterocycles. The lowest BCUT2D eigenvalue weighted by atomic mass is 10.0. The molecule has 1 N–H and O–H groups in total. The number of hydrogen-bond donors (Lipinski definition) is 1. The number of Topliss-reactive ketones (excluding diaryl/α,β-unsaturated/α-hetero) is 1. The van der Waals surface area contributed by atoms with Gasteiger partial charge < -0.3 is 5.32 Å². The van der Waals surface area contributed by atoms with Gasteiger partial charge in [-0.25, -0.2) is 0 Å². The molecule has 1 aromatic carbocycles. The van der Waals surface area contributed by atoms with Gasteiger partial charge in [-0.05, 0) is 30.3 Å². The molecule has 18 heavy (non-hydrogen) atoms. The number of carbonyl (C=O) groups is 1. The van der Waals surface area contributed by atoms with Crippen LogP contribution in [0.5, 0.6) is 0 Å². The van der Waals surface area contributed by atoms with Crippen LogP contribution < -0.4 is 5.32 Å². The number of ketones is 1. The van der Waals surface area contributed by atoms with Crippen molar-refractivity contribution >= 4 is 23.1 Å². The number of pyridine rings is 1. The molecule has 0 atom stereocenters. The van der Waals surface area contributed by atoms with Gasteiger partial charge in [0, 0.05) is 35.2 Å². The predicted octanol–water partition coefficient (Wildman–Crippen LogP) is 3.20. The summed E-state index contributed by atoms with van der Waals surface area (Å²) in [6, 6.07) is 10.8. The first kappa shape index (κ1) is 12.6. The normalized spacial score (nSPS) is 10.1. The van der Waals surface area contributed by atoms with Gasteiger partial charge in [0.15, 0.2) is 5.78 Å². The van der Waals surface area contributed by atoms with Crippen molar-refractivity contribution in [3.8, 4) is 0 Å².